The van der Waals surface area contributed by atoms with Crippen molar-refractivity contribution >= 4 is 5.69 Å². The van der Waals surface area contributed by atoms with Gasteiger partial charge in [-0.3, -0.25) is 0 Å². The van der Waals surface area contributed by atoms with Crippen LogP contribution >= 0.6 is 0 Å². The Morgan fingerprint density at radius 2 is 1.33 bits per heavy atom. The summed E-state index contributed by atoms with van der Waals surface area (Å²) in [6.45, 7) is 15.6. The normalized spacial score (nSPS) is 12.1. The van der Waals surface area contributed by atoms with Gasteiger partial charge in [-0.2, -0.15) is 0 Å². The lowest BCUT2D eigenvalue weighted by Crippen LogP contribution is -2.24. The molecule has 3 rings (SSSR count). The predicted octanol–water partition coefficient (Wildman–Crippen LogP) is 6.91. The first-order valence-corrected chi connectivity index (χ1v) is 11.5. The zero-order chi connectivity index (χ0) is 24.6. The fourth-order valence-corrected chi connectivity index (χ4v) is 3.99. The molecule has 0 aliphatic carbocycles. The van der Waals surface area contributed by atoms with Crippen molar-refractivity contribution in [3.05, 3.63) is 82.4 Å². The molecule has 0 amide bonds. The maximum absolute atomic E-state index is 11.3. The lowest BCUT2D eigenvalue weighted by molar-refractivity contribution is 0.436. The van der Waals surface area contributed by atoms with Crippen LogP contribution in [0.4, 0.5) is 5.69 Å². The molecule has 0 aromatic heterocycles. The van der Waals surface area contributed by atoms with Gasteiger partial charge in [-0.25, -0.2) is 0 Å². The average Bonchev–Trinajstić information content (AvgIpc) is 2.70. The van der Waals surface area contributed by atoms with Crippen LogP contribution in [0, 0.1) is 6.92 Å². The van der Waals surface area contributed by atoms with E-state index < -0.39 is 0 Å². The summed E-state index contributed by atoms with van der Waals surface area (Å²) in [6.07, 6.45) is 0. The SMILES string of the molecule is Cc1ccc(O)c(N(Cc2ccccc2O)Cc2cc(C(C)(C)C)cc(C(C)(C)C)c2O)c1. The molecule has 3 aromatic rings. The molecule has 0 fully saturated rings. The van der Waals surface area contributed by atoms with Gasteiger partial charge in [0.1, 0.15) is 17.2 Å². The summed E-state index contributed by atoms with van der Waals surface area (Å²) < 4.78 is 0. The Morgan fingerprint density at radius 3 is 1.94 bits per heavy atom. The molecule has 0 saturated carbocycles. The summed E-state index contributed by atoms with van der Waals surface area (Å²) in [5.41, 5.74) is 4.97. The lowest BCUT2D eigenvalue weighted by Gasteiger charge is -2.31. The number of phenolic OH excluding ortho intramolecular Hbond substituents is 3. The van der Waals surface area contributed by atoms with Crippen molar-refractivity contribution in [2.45, 2.75) is 72.4 Å². The molecule has 176 valence electrons. The van der Waals surface area contributed by atoms with E-state index in [0.717, 1.165) is 27.8 Å². The maximum atomic E-state index is 11.3. The Kier molecular flexibility index (Phi) is 6.69. The van der Waals surface area contributed by atoms with Gasteiger partial charge in [0.15, 0.2) is 0 Å². The molecule has 3 aromatic carbocycles. The highest BCUT2D eigenvalue weighted by Gasteiger charge is 2.26. The molecular formula is C29H37NO3. The third-order valence-corrected chi connectivity index (χ3v) is 6.05. The highest BCUT2D eigenvalue weighted by Crippen LogP contribution is 2.40. The van der Waals surface area contributed by atoms with E-state index in [1.165, 1.54) is 0 Å². The molecule has 0 atom stereocenters. The number of aryl methyl sites for hydroxylation is 1. The number of para-hydroxylation sites is 1. The van der Waals surface area contributed by atoms with Gasteiger partial charge in [-0.05, 0) is 58.7 Å². The van der Waals surface area contributed by atoms with Gasteiger partial charge in [-0.1, -0.05) is 71.9 Å². The van der Waals surface area contributed by atoms with Crippen LogP contribution in [0.3, 0.4) is 0 Å². The minimum atomic E-state index is -0.228. The van der Waals surface area contributed by atoms with E-state index in [4.69, 9.17) is 0 Å². The summed E-state index contributed by atoms with van der Waals surface area (Å²) in [5, 5.41) is 32.4. The summed E-state index contributed by atoms with van der Waals surface area (Å²) >= 11 is 0. The predicted molar refractivity (Wildman–Crippen MR) is 136 cm³/mol. The summed E-state index contributed by atoms with van der Waals surface area (Å²) in [6, 6.07) is 16.9. The second kappa shape index (κ2) is 9.01. The minimum absolute atomic E-state index is 0.0869. The fraction of sp³-hybridized carbons (Fsp3) is 0.379. The van der Waals surface area contributed by atoms with Gasteiger partial charge in [0.25, 0.3) is 0 Å². The lowest BCUT2D eigenvalue weighted by atomic mass is 9.79. The van der Waals surface area contributed by atoms with Crippen LogP contribution in [0.5, 0.6) is 17.2 Å². The van der Waals surface area contributed by atoms with E-state index in [1.54, 1.807) is 18.2 Å². The largest absolute Gasteiger partial charge is 0.508 e. The standard InChI is InChI=1S/C29H37NO3/c1-19-12-13-26(32)24(14-19)30(17-20-10-8-9-11-25(20)31)18-21-15-22(28(2,3)4)16-23(27(21)33)29(5,6)7/h8-16,31-33H,17-18H2,1-7H3. The Bertz CT molecular complexity index is 1140. The Labute approximate surface area is 198 Å². The second-order valence-electron chi connectivity index (χ2n) is 11.0. The van der Waals surface area contributed by atoms with E-state index in [9.17, 15) is 15.3 Å². The molecule has 33 heavy (non-hydrogen) atoms. The molecule has 0 aliphatic rings. The molecule has 0 unspecified atom stereocenters. The Balaban J connectivity index is 2.16. The van der Waals surface area contributed by atoms with Crippen LogP contribution in [0.15, 0.2) is 54.6 Å². The fourth-order valence-electron chi connectivity index (χ4n) is 3.99. The van der Waals surface area contributed by atoms with E-state index in [1.807, 2.05) is 36.1 Å². The van der Waals surface area contributed by atoms with Crippen molar-refractivity contribution in [1.29, 1.82) is 0 Å². The molecule has 4 nitrogen and oxygen atoms in total. The Hall–Kier alpha value is -3.14. The van der Waals surface area contributed by atoms with Gasteiger partial charge in [0.2, 0.25) is 0 Å². The molecule has 0 radical (unpaired) electrons. The Morgan fingerprint density at radius 1 is 0.697 bits per heavy atom. The van der Waals surface area contributed by atoms with Crippen molar-refractivity contribution in [3.63, 3.8) is 0 Å². The zero-order valence-corrected chi connectivity index (χ0v) is 20.9. The topological polar surface area (TPSA) is 63.9 Å². The van der Waals surface area contributed by atoms with Crippen molar-refractivity contribution in [1.82, 2.24) is 0 Å². The number of phenols is 3. The zero-order valence-electron chi connectivity index (χ0n) is 20.9. The van der Waals surface area contributed by atoms with Crippen LogP contribution < -0.4 is 4.90 Å². The van der Waals surface area contributed by atoms with Crippen molar-refractivity contribution in [3.8, 4) is 17.2 Å². The monoisotopic (exact) mass is 447 g/mol. The van der Waals surface area contributed by atoms with E-state index in [2.05, 4.69) is 53.7 Å². The van der Waals surface area contributed by atoms with Gasteiger partial charge >= 0.3 is 0 Å². The van der Waals surface area contributed by atoms with Crippen molar-refractivity contribution in [2.24, 2.45) is 0 Å². The number of hydrogen-bond donors (Lipinski definition) is 3. The summed E-state index contributed by atoms with van der Waals surface area (Å²) in [4.78, 5) is 2.01. The minimum Gasteiger partial charge on any atom is -0.508 e. The third-order valence-electron chi connectivity index (χ3n) is 6.05. The summed E-state index contributed by atoms with van der Waals surface area (Å²) in [5.74, 6) is 0.654. The third kappa shape index (κ3) is 5.62. The number of rotatable bonds is 5. The van der Waals surface area contributed by atoms with Crippen LogP contribution in [0.2, 0.25) is 0 Å². The molecule has 0 heterocycles. The number of aromatic hydroxyl groups is 3. The molecule has 3 N–H and O–H groups in total. The van der Waals surface area contributed by atoms with E-state index in [-0.39, 0.29) is 28.1 Å². The quantitative estimate of drug-likeness (QED) is 0.397. The van der Waals surface area contributed by atoms with Gasteiger partial charge in [0, 0.05) is 24.2 Å². The molecule has 4 heteroatoms. The van der Waals surface area contributed by atoms with E-state index in [0.29, 0.717) is 18.8 Å². The van der Waals surface area contributed by atoms with Crippen LogP contribution in [0.25, 0.3) is 0 Å². The van der Waals surface area contributed by atoms with Gasteiger partial charge in [0.05, 0.1) is 5.69 Å². The second-order valence-corrected chi connectivity index (χ2v) is 11.0. The average molecular weight is 448 g/mol. The number of anilines is 1. The first-order chi connectivity index (χ1) is 15.3. The molecule has 0 bridgehead atoms. The molecule has 0 saturated heterocycles. The van der Waals surface area contributed by atoms with Gasteiger partial charge < -0.3 is 20.2 Å². The highest BCUT2D eigenvalue weighted by molar-refractivity contribution is 5.61. The molecular weight excluding hydrogens is 410 g/mol. The first kappa shape index (κ1) is 24.5. The van der Waals surface area contributed by atoms with Crippen LogP contribution in [0.1, 0.15) is 69.4 Å². The van der Waals surface area contributed by atoms with Crippen LogP contribution in [-0.2, 0) is 23.9 Å². The van der Waals surface area contributed by atoms with Crippen LogP contribution in [-0.4, -0.2) is 15.3 Å². The summed E-state index contributed by atoms with van der Waals surface area (Å²) in [7, 11) is 0. The number of hydrogen-bond acceptors (Lipinski definition) is 4. The number of benzene rings is 3. The number of nitrogens with zero attached hydrogens (tertiary/aromatic N) is 1. The molecule has 0 spiro atoms. The van der Waals surface area contributed by atoms with Gasteiger partial charge in [-0.15, -0.1) is 0 Å². The molecule has 0 aliphatic heterocycles. The maximum Gasteiger partial charge on any atom is 0.138 e. The first-order valence-electron chi connectivity index (χ1n) is 11.5. The smallest absolute Gasteiger partial charge is 0.138 e. The van der Waals surface area contributed by atoms with E-state index >= 15 is 0 Å². The van der Waals surface area contributed by atoms with Crippen molar-refractivity contribution in [2.75, 3.05) is 4.90 Å². The van der Waals surface area contributed by atoms with Crippen molar-refractivity contribution < 1.29 is 15.3 Å². The highest BCUT2D eigenvalue weighted by atomic mass is 16.3.